The fourth-order valence-corrected chi connectivity index (χ4v) is 5.99. The lowest BCUT2D eigenvalue weighted by atomic mass is 9.80. The summed E-state index contributed by atoms with van der Waals surface area (Å²) in [6, 6.07) is 10.1. The van der Waals surface area contributed by atoms with Crippen molar-refractivity contribution in [2.45, 2.75) is 51.0 Å². The van der Waals surface area contributed by atoms with Gasteiger partial charge >= 0.3 is 5.97 Å². The number of halogens is 2. The van der Waals surface area contributed by atoms with Gasteiger partial charge in [0.1, 0.15) is 15.9 Å². The molecule has 0 aromatic heterocycles. The zero-order valence-electron chi connectivity index (χ0n) is 20.8. The van der Waals surface area contributed by atoms with Gasteiger partial charge in [-0.15, -0.1) is 0 Å². The van der Waals surface area contributed by atoms with E-state index in [9.17, 15) is 22.8 Å². The Bertz CT molecular complexity index is 1260. The molecule has 1 unspecified atom stereocenters. The number of nitrogens with one attached hydrogen (secondary N) is 2. The molecule has 0 heterocycles. The van der Waals surface area contributed by atoms with Gasteiger partial charge in [-0.2, -0.15) is 5.26 Å². The molecule has 0 radical (unpaired) electrons. The number of benzene rings is 2. The fourth-order valence-electron chi connectivity index (χ4n) is 4.75. The summed E-state index contributed by atoms with van der Waals surface area (Å²) in [4.78, 5) is 42.1. The van der Waals surface area contributed by atoms with Crippen molar-refractivity contribution in [3.8, 4) is 0 Å². The van der Waals surface area contributed by atoms with Crippen molar-refractivity contribution in [3.05, 3.63) is 63.6 Å². The van der Waals surface area contributed by atoms with E-state index in [1.807, 2.05) is 0 Å². The van der Waals surface area contributed by atoms with Crippen LogP contribution in [0.2, 0.25) is 10.0 Å². The highest BCUT2D eigenvalue weighted by Gasteiger charge is 2.42. The third-order valence-electron chi connectivity index (χ3n) is 6.73. The van der Waals surface area contributed by atoms with Crippen molar-refractivity contribution in [1.82, 2.24) is 5.32 Å². The Morgan fingerprint density at radius 2 is 1.66 bits per heavy atom. The van der Waals surface area contributed by atoms with E-state index >= 15 is 0 Å². The zero-order chi connectivity index (χ0) is 27.9. The largest absolute Gasteiger partial charge is 0.364 e. The predicted octanol–water partition coefficient (Wildman–Crippen LogP) is 4.67. The summed E-state index contributed by atoms with van der Waals surface area (Å²) in [5.74, 6) is -1.89. The van der Waals surface area contributed by atoms with Crippen molar-refractivity contribution in [1.29, 1.82) is 0 Å². The molecule has 2 aromatic rings. The highest BCUT2D eigenvalue weighted by atomic mass is 35.5. The van der Waals surface area contributed by atoms with Crippen LogP contribution in [0.25, 0.3) is 0 Å². The summed E-state index contributed by atoms with van der Waals surface area (Å²) >= 11 is 12.2. The number of hydrogen-bond donors (Lipinski definition) is 3. The Morgan fingerprint density at radius 1 is 1.05 bits per heavy atom. The van der Waals surface area contributed by atoms with E-state index in [1.54, 1.807) is 42.5 Å². The molecule has 1 aliphatic carbocycles. The summed E-state index contributed by atoms with van der Waals surface area (Å²) in [6.07, 6.45) is 4.74. The number of anilines is 1. The Balaban J connectivity index is 1.68. The maximum Gasteiger partial charge on any atom is 0.364 e. The fraction of sp³-hybridized carbons (Fsp3) is 0.423. The first-order chi connectivity index (χ1) is 17.9. The molecule has 3 N–H and O–H groups in total. The van der Waals surface area contributed by atoms with E-state index < -0.39 is 33.2 Å². The minimum Gasteiger partial charge on any atom is -0.342 e. The molecule has 0 spiro atoms. The van der Waals surface area contributed by atoms with Gasteiger partial charge in [0, 0.05) is 29.5 Å². The van der Waals surface area contributed by atoms with Crippen molar-refractivity contribution in [2.75, 3.05) is 17.3 Å². The smallest absolute Gasteiger partial charge is 0.342 e. The van der Waals surface area contributed by atoms with Gasteiger partial charge in [0.05, 0.1) is 15.6 Å². The standard InChI is InChI=1S/C26H30Cl2N2O7S/c1-38(35,36)15-5-14-26(12-2-3-13-26)25(33)30-21(24(32)37-34)16-17-8-10-18(11-9-17)29-23(31)22-19(27)6-4-7-20(22)28/h4,6-11,21,34H,2-3,5,12-16H2,1H3,(H,29,31)(H,30,33). The third kappa shape index (κ3) is 7.92. The molecule has 1 aliphatic rings. The lowest BCUT2D eigenvalue weighted by Gasteiger charge is -2.29. The Labute approximate surface area is 231 Å². The van der Waals surface area contributed by atoms with Gasteiger partial charge in [-0.1, -0.05) is 54.2 Å². The minimum atomic E-state index is -3.16. The number of carbonyl (C=O) groups is 3. The van der Waals surface area contributed by atoms with E-state index in [0.29, 0.717) is 36.9 Å². The van der Waals surface area contributed by atoms with E-state index in [2.05, 4.69) is 15.5 Å². The van der Waals surface area contributed by atoms with Crippen LogP contribution in [0.4, 0.5) is 5.69 Å². The average Bonchev–Trinajstić information content (AvgIpc) is 3.33. The molecule has 38 heavy (non-hydrogen) atoms. The van der Waals surface area contributed by atoms with Crippen LogP contribution in [-0.2, 0) is 30.7 Å². The molecule has 2 aromatic carbocycles. The molecular weight excluding hydrogens is 555 g/mol. The first-order valence-corrected chi connectivity index (χ1v) is 14.9. The highest BCUT2D eigenvalue weighted by molar-refractivity contribution is 7.90. The topological polar surface area (TPSA) is 139 Å². The maximum atomic E-state index is 13.3. The molecule has 0 saturated heterocycles. The van der Waals surface area contributed by atoms with Crippen LogP contribution in [0.15, 0.2) is 42.5 Å². The molecule has 1 fully saturated rings. The van der Waals surface area contributed by atoms with E-state index in [4.69, 9.17) is 28.5 Å². The first kappa shape index (κ1) is 29.9. The van der Waals surface area contributed by atoms with E-state index in [-0.39, 0.29) is 33.7 Å². The zero-order valence-corrected chi connectivity index (χ0v) is 23.2. The Morgan fingerprint density at radius 3 is 2.21 bits per heavy atom. The second-order valence-electron chi connectivity index (χ2n) is 9.61. The first-order valence-electron chi connectivity index (χ1n) is 12.1. The minimum absolute atomic E-state index is 0.0181. The van der Waals surface area contributed by atoms with Gasteiger partial charge < -0.3 is 10.6 Å². The van der Waals surface area contributed by atoms with Crippen molar-refractivity contribution >= 4 is 56.5 Å². The number of carbonyl (C=O) groups excluding carboxylic acids is 3. The molecule has 12 heteroatoms. The summed E-state index contributed by atoms with van der Waals surface area (Å²) in [7, 11) is -3.16. The second kappa shape index (κ2) is 12.9. The van der Waals surface area contributed by atoms with Crippen LogP contribution in [0.3, 0.4) is 0 Å². The van der Waals surface area contributed by atoms with Gasteiger partial charge in [0.25, 0.3) is 5.91 Å². The van der Waals surface area contributed by atoms with E-state index in [0.717, 1.165) is 19.1 Å². The molecule has 1 atom stereocenters. The molecule has 1 saturated carbocycles. The lowest BCUT2D eigenvalue weighted by Crippen LogP contribution is -2.49. The molecule has 206 valence electrons. The molecular formula is C26H30Cl2N2O7S. The summed E-state index contributed by atoms with van der Waals surface area (Å²) in [5.41, 5.74) is 0.459. The van der Waals surface area contributed by atoms with Gasteiger partial charge in [-0.25, -0.2) is 13.2 Å². The van der Waals surface area contributed by atoms with Crippen LogP contribution in [0, 0.1) is 5.41 Å². The molecule has 9 nitrogen and oxygen atoms in total. The van der Waals surface area contributed by atoms with Gasteiger partial charge in [-0.3, -0.25) is 14.5 Å². The van der Waals surface area contributed by atoms with Crippen LogP contribution in [-0.4, -0.2) is 49.5 Å². The number of hydrogen-bond acceptors (Lipinski definition) is 7. The maximum absolute atomic E-state index is 13.3. The number of sulfone groups is 1. The Hall–Kier alpha value is -2.66. The van der Waals surface area contributed by atoms with Crippen LogP contribution in [0.5, 0.6) is 0 Å². The van der Waals surface area contributed by atoms with Gasteiger partial charge in [-0.05, 0) is 55.5 Å². The third-order valence-corrected chi connectivity index (χ3v) is 8.39. The molecule has 0 aliphatic heterocycles. The Kier molecular flexibility index (Phi) is 10.2. The SMILES string of the molecule is CS(=O)(=O)CCCC1(C(=O)NC(Cc2ccc(NC(=O)c3c(Cl)cccc3Cl)cc2)C(=O)OO)CCCC1. The average molecular weight is 586 g/mol. The van der Waals surface area contributed by atoms with Crippen molar-refractivity contribution < 1.29 is 32.9 Å². The van der Waals surface area contributed by atoms with Gasteiger partial charge in [0.15, 0.2) is 0 Å². The van der Waals surface area contributed by atoms with E-state index in [1.165, 1.54) is 0 Å². The highest BCUT2D eigenvalue weighted by Crippen LogP contribution is 2.42. The van der Waals surface area contributed by atoms with Crippen LogP contribution >= 0.6 is 23.2 Å². The van der Waals surface area contributed by atoms with Crippen LogP contribution in [0.1, 0.15) is 54.4 Å². The molecule has 3 rings (SSSR count). The van der Waals surface area contributed by atoms with Gasteiger partial charge in [0.2, 0.25) is 5.91 Å². The summed E-state index contributed by atoms with van der Waals surface area (Å²) < 4.78 is 23.1. The van der Waals surface area contributed by atoms with Crippen LogP contribution < -0.4 is 10.6 Å². The monoisotopic (exact) mass is 584 g/mol. The summed E-state index contributed by atoms with van der Waals surface area (Å²) in [5, 5.41) is 14.9. The predicted molar refractivity (Wildman–Crippen MR) is 145 cm³/mol. The second-order valence-corrected chi connectivity index (χ2v) is 12.7. The lowest BCUT2D eigenvalue weighted by molar-refractivity contribution is -0.236. The number of amides is 2. The normalized spacial score (nSPS) is 15.5. The van der Waals surface area contributed by atoms with Crippen molar-refractivity contribution in [3.63, 3.8) is 0 Å². The molecule has 0 bridgehead atoms. The number of rotatable bonds is 11. The summed E-state index contributed by atoms with van der Waals surface area (Å²) in [6.45, 7) is 0. The quantitative estimate of drug-likeness (QED) is 0.257. The van der Waals surface area contributed by atoms with Crippen molar-refractivity contribution in [2.24, 2.45) is 5.41 Å². The molecule has 2 amide bonds.